The summed E-state index contributed by atoms with van der Waals surface area (Å²) in [7, 11) is 1.60. The van der Waals surface area contributed by atoms with Gasteiger partial charge in [0.15, 0.2) is 11.5 Å². The molecule has 7 heteroatoms. The largest absolute Gasteiger partial charge is 0.506 e. The number of carbonyl (C=O) groups is 2. The number of rotatable bonds is 6. The average Bonchev–Trinajstić information content (AvgIpc) is 3.57. The lowest BCUT2D eigenvalue weighted by Gasteiger charge is -2.25. The quantitative estimate of drug-likeness (QED) is 0.518. The number of fused-ring (bicyclic) bond motifs is 1. The van der Waals surface area contributed by atoms with E-state index in [4.69, 9.17) is 9.47 Å². The van der Waals surface area contributed by atoms with Crippen molar-refractivity contribution in [3.63, 3.8) is 0 Å². The van der Waals surface area contributed by atoms with E-state index in [1.165, 1.54) is 0 Å². The average molecular weight is 475 g/mol. The highest BCUT2D eigenvalue weighted by molar-refractivity contribution is 6.06. The predicted molar refractivity (Wildman–Crippen MR) is 134 cm³/mol. The van der Waals surface area contributed by atoms with Crippen LogP contribution in [0.3, 0.4) is 0 Å². The number of aromatic hydroxyl groups is 1. The molecule has 1 saturated heterocycles. The molecular formula is C28H30N2O5. The number of hydrogen-bond acceptors (Lipinski definition) is 5. The van der Waals surface area contributed by atoms with E-state index in [0.717, 1.165) is 37.5 Å². The van der Waals surface area contributed by atoms with E-state index in [9.17, 15) is 14.7 Å². The van der Waals surface area contributed by atoms with E-state index in [0.29, 0.717) is 35.5 Å². The number of amides is 2. The van der Waals surface area contributed by atoms with Gasteiger partial charge in [-0.15, -0.1) is 0 Å². The fourth-order valence-corrected chi connectivity index (χ4v) is 5.12. The lowest BCUT2D eigenvalue weighted by molar-refractivity contribution is -0.119. The smallest absolute Gasteiger partial charge is 0.258 e. The maximum absolute atomic E-state index is 13.4. The zero-order chi connectivity index (χ0) is 24.4. The van der Waals surface area contributed by atoms with Gasteiger partial charge in [0.05, 0.1) is 18.8 Å². The van der Waals surface area contributed by atoms with E-state index in [1.807, 2.05) is 24.3 Å². The summed E-state index contributed by atoms with van der Waals surface area (Å²) in [5.41, 5.74) is 0.803. The van der Waals surface area contributed by atoms with Crippen molar-refractivity contribution in [2.75, 3.05) is 19.0 Å². The normalized spacial score (nSPS) is 18.1. The molecule has 1 aliphatic carbocycles. The lowest BCUT2D eigenvalue weighted by atomic mass is 10.0. The van der Waals surface area contributed by atoms with Crippen LogP contribution < -0.4 is 14.8 Å². The van der Waals surface area contributed by atoms with E-state index < -0.39 is 6.04 Å². The predicted octanol–water partition coefficient (Wildman–Crippen LogP) is 5.12. The molecule has 0 radical (unpaired) electrons. The molecule has 5 rings (SSSR count). The van der Waals surface area contributed by atoms with Crippen molar-refractivity contribution in [2.45, 2.75) is 50.7 Å². The van der Waals surface area contributed by atoms with E-state index >= 15 is 0 Å². The monoisotopic (exact) mass is 474 g/mol. The summed E-state index contributed by atoms with van der Waals surface area (Å²) < 4.78 is 11.6. The first-order valence-corrected chi connectivity index (χ1v) is 12.2. The Kier molecular flexibility index (Phi) is 6.49. The van der Waals surface area contributed by atoms with Crippen LogP contribution in [0.1, 0.15) is 48.9 Å². The fraction of sp³-hybridized carbons (Fsp3) is 0.357. The van der Waals surface area contributed by atoms with E-state index in [-0.39, 0.29) is 29.2 Å². The van der Waals surface area contributed by atoms with Crippen LogP contribution >= 0.6 is 0 Å². The Hall–Kier alpha value is -3.74. The van der Waals surface area contributed by atoms with Gasteiger partial charge in [0.25, 0.3) is 5.91 Å². The van der Waals surface area contributed by atoms with Gasteiger partial charge >= 0.3 is 0 Å². The third-order valence-corrected chi connectivity index (χ3v) is 6.97. The maximum atomic E-state index is 13.4. The molecule has 0 bridgehead atoms. The van der Waals surface area contributed by atoms with Gasteiger partial charge in [0.1, 0.15) is 11.8 Å². The number of anilines is 1. The number of nitrogens with one attached hydrogen (secondary N) is 1. The summed E-state index contributed by atoms with van der Waals surface area (Å²) in [6, 6.07) is 15.5. The first-order valence-electron chi connectivity index (χ1n) is 12.2. The molecule has 0 unspecified atom stereocenters. The minimum Gasteiger partial charge on any atom is -0.506 e. The molecule has 3 aromatic carbocycles. The van der Waals surface area contributed by atoms with Gasteiger partial charge in [-0.3, -0.25) is 9.59 Å². The van der Waals surface area contributed by atoms with Crippen LogP contribution in [-0.4, -0.2) is 47.6 Å². The van der Waals surface area contributed by atoms with Gasteiger partial charge in [0.2, 0.25) is 5.91 Å². The summed E-state index contributed by atoms with van der Waals surface area (Å²) >= 11 is 0. The van der Waals surface area contributed by atoms with Crippen LogP contribution in [0.4, 0.5) is 5.69 Å². The van der Waals surface area contributed by atoms with Crippen molar-refractivity contribution in [2.24, 2.45) is 0 Å². The van der Waals surface area contributed by atoms with Crippen LogP contribution in [0.15, 0.2) is 54.6 Å². The Balaban J connectivity index is 1.33. The summed E-state index contributed by atoms with van der Waals surface area (Å²) in [5.74, 6) is 0.582. The SMILES string of the molecule is COc1ccc(NC(=O)[C@H]2CCCN2C(=O)c2ccc3ccccc3c2O)cc1OC1CCCC1. The Morgan fingerprint density at radius 3 is 2.57 bits per heavy atom. The Labute approximate surface area is 204 Å². The number of likely N-dealkylation sites (tertiary alicyclic amines) is 1. The standard InChI is InChI=1S/C28H30N2O5/c1-34-24-15-13-19(17-25(24)35-20-8-3-4-9-20)29-27(32)23-11-6-16-30(23)28(33)22-14-12-18-7-2-5-10-21(18)26(22)31/h2,5,7,10,12-15,17,20,23,31H,3-4,6,8-9,11,16H2,1H3,(H,29,32)/t23-/m1/s1. The van der Waals surface area contributed by atoms with Gasteiger partial charge in [-0.05, 0) is 62.1 Å². The molecule has 7 nitrogen and oxygen atoms in total. The van der Waals surface area contributed by atoms with Gasteiger partial charge < -0.3 is 24.8 Å². The number of ether oxygens (including phenoxy) is 2. The van der Waals surface area contributed by atoms with Crippen molar-refractivity contribution in [3.05, 3.63) is 60.2 Å². The number of hydrogen-bond donors (Lipinski definition) is 2. The zero-order valence-corrected chi connectivity index (χ0v) is 19.8. The topological polar surface area (TPSA) is 88.1 Å². The van der Waals surface area contributed by atoms with Crippen molar-refractivity contribution in [1.29, 1.82) is 0 Å². The second kappa shape index (κ2) is 9.86. The van der Waals surface area contributed by atoms with Crippen molar-refractivity contribution in [3.8, 4) is 17.2 Å². The highest BCUT2D eigenvalue weighted by atomic mass is 16.5. The van der Waals surface area contributed by atoms with Crippen molar-refractivity contribution < 1.29 is 24.2 Å². The molecule has 1 heterocycles. The third-order valence-electron chi connectivity index (χ3n) is 6.97. The summed E-state index contributed by atoms with van der Waals surface area (Å²) in [6.45, 7) is 0.460. The molecule has 2 fully saturated rings. The number of benzene rings is 3. The minimum absolute atomic E-state index is 0.0528. The highest BCUT2D eigenvalue weighted by Gasteiger charge is 2.35. The third kappa shape index (κ3) is 4.63. The van der Waals surface area contributed by atoms with E-state index in [2.05, 4.69) is 5.32 Å². The molecule has 1 saturated carbocycles. The number of phenols is 1. The number of methoxy groups -OCH3 is 1. The van der Waals surface area contributed by atoms with Crippen LogP contribution in [0.5, 0.6) is 17.2 Å². The Morgan fingerprint density at radius 1 is 0.971 bits per heavy atom. The fourth-order valence-electron chi connectivity index (χ4n) is 5.12. The molecule has 1 atom stereocenters. The second-order valence-electron chi connectivity index (χ2n) is 9.22. The minimum atomic E-state index is -0.616. The Bertz CT molecular complexity index is 1250. The number of phenolic OH excluding ortho intramolecular Hbond substituents is 1. The van der Waals surface area contributed by atoms with Crippen molar-refractivity contribution >= 4 is 28.3 Å². The summed E-state index contributed by atoms with van der Waals surface area (Å²) in [6.07, 6.45) is 5.78. The van der Waals surface area contributed by atoms with E-state index in [1.54, 1.807) is 42.3 Å². The molecule has 2 amide bonds. The van der Waals surface area contributed by atoms with Crippen LogP contribution in [0.2, 0.25) is 0 Å². The molecule has 2 aliphatic rings. The van der Waals surface area contributed by atoms with Crippen LogP contribution in [0, 0.1) is 0 Å². The molecule has 2 N–H and O–H groups in total. The summed E-state index contributed by atoms with van der Waals surface area (Å²) in [5, 5.41) is 15.2. The first kappa shape index (κ1) is 23.0. The molecule has 3 aromatic rings. The zero-order valence-electron chi connectivity index (χ0n) is 19.8. The van der Waals surface area contributed by atoms with Crippen LogP contribution in [0.25, 0.3) is 10.8 Å². The lowest BCUT2D eigenvalue weighted by Crippen LogP contribution is -2.43. The van der Waals surface area contributed by atoms with Crippen LogP contribution in [-0.2, 0) is 4.79 Å². The molecule has 1 aliphatic heterocycles. The molecule has 0 spiro atoms. The Morgan fingerprint density at radius 2 is 1.77 bits per heavy atom. The molecule has 182 valence electrons. The molecular weight excluding hydrogens is 444 g/mol. The van der Waals surface area contributed by atoms with Gasteiger partial charge in [-0.2, -0.15) is 0 Å². The first-order chi connectivity index (χ1) is 17.0. The number of nitrogens with zero attached hydrogens (tertiary/aromatic N) is 1. The highest BCUT2D eigenvalue weighted by Crippen LogP contribution is 2.35. The van der Waals surface area contributed by atoms with Gasteiger partial charge in [-0.1, -0.05) is 30.3 Å². The van der Waals surface area contributed by atoms with Gasteiger partial charge in [-0.25, -0.2) is 0 Å². The summed E-state index contributed by atoms with van der Waals surface area (Å²) in [4.78, 5) is 28.1. The van der Waals surface area contributed by atoms with Gasteiger partial charge in [0, 0.05) is 23.7 Å². The molecule has 0 aromatic heterocycles. The maximum Gasteiger partial charge on any atom is 0.258 e. The molecule has 35 heavy (non-hydrogen) atoms. The second-order valence-corrected chi connectivity index (χ2v) is 9.22. The number of carbonyl (C=O) groups excluding carboxylic acids is 2. The van der Waals surface area contributed by atoms with Crippen molar-refractivity contribution in [1.82, 2.24) is 4.90 Å².